The summed E-state index contributed by atoms with van der Waals surface area (Å²) in [5, 5.41) is 5.72. The van der Waals surface area contributed by atoms with Gasteiger partial charge in [-0.2, -0.15) is 0 Å². The monoisotopic (exact) mass is 406 g/mol. The van der Waals surface area contributed by atoms with Crippen LogP contribution in [0.4, 0.5) is 5.69 Å². The third-order valence-electron chi connectivity index (χ3n) is 4.65. The summed E-state index contributed by atoms with van der Waals surface area (Å²) >= 11 is 0. The molecule has 0 bridgehead atoms. The van der Waals surface area contributed by atoms with Gasteiger partial charge in [0.05, 0.1) is 6.33 Å². The highest BCUT2D eigenvalue weighted by Crippen LogP contribution is 2.33. The van der Waals surface area contributed by atoms with Crippen LogP contribution in [0.1, 0.15) is 22.3 Å². The van der Waals surface area contributed by atoms with Crippen LogP contribution in [-0.2, 0) is 17.9 Å². The van der Waals surface area contributed by atoms with Gasteiger partial charge in [0, 0.05) is 48.7 Å². The highest BCUT2D eigenvalue weighted by molar-refractivity contribution is 5.97. The second kappa shape index (κ2) is 9.13. The standard InChI is InChI=1S/C22H22N4O4/c27-20(7-9-26-10-8-23-15-26)25-18-5-1-3-16(13-18)22(28)24-14-17-4-2-6-19-21(17)30-12-11-29-19/h1-6,8,10,13,15H,7,9,11-12,14H2,(H,24,28)(H,25,27). The maximum Gasteiger partial charge on any atom is 0.251 e. The van der Waals surface area contributed by atoms with Gasteiger partial charge in [-0.05, 0) is 24.3 Å². The number of aromatic nitrogens is 2. The summed E-state index contributed by atoms with van der Waals surface area (Å²) in [4.78, 5) is 28.7. The average Bonchev–Trinajstić information content (AvgIpc) is 3.30. The third kappa shape index (κ3) is 4.78. The first-order valence-electron chi connectivity index (χ1n) is 9.70. The summed E-state index contributed by atoms with van der Waals surface area (Å²) in [5.41, 5.74) is 1.89. The third-order valence-corrected chi connectivity index (χ3v) is 4.65. The van der Waals surface area contributed by atoms with Gasteiger partial charge in [0.2, 0.25) is 5.91 Å². The molecular formula is C22H22N4O4. The second-order valence-corrected chi connectivity index (χ2v) is 6.80. The molecule has 30 heavy (non-hydrogen) atoms. The summed E-state index contributed by atoms with van der Waals surface area (Å²) < 4.78 is 13.1. The number of imidazole rings is 1. The van der Waals surface area contributed by atoms with Gasteiger partial charge < -0.3 is 24.7 Å². The normalized spacial score (nSPS) is 12.3. The maximum absolute atomic E-state index is 12.6. The van der Waals surface area contributed by atoms with Crippen LogP contribution in [0.3, 0.4) is 0 Å². The van der Waals surface area contributed by atoms with E-state index in [1.807, 2.05) is 22.8 Å². The highest BCUT2D eigenvalue weighted by Gasteiger charge is 2.16. The van der Waals surface area contributed by atoms with Crippen LogP contribution >= 0.6 is 0 Å². The number of amides is 2. The number of aryl methyl sites for hydroxylation is 1. The number of anilines is 1. The fourth-order valence-electron chi connectivity index (χ4n) is 3.16. The van der Waals surface area contributed by atoms with Crippen LogP contribution in [0.15, 0.2) is 61.2 Å². The molecule has 0 aliphatic carbocycles. The summed E-state index contributed by atoms with van der Waals surface area (Å²) in [6.07, 6.45) is 5.46. The molecule has 1 aromatic heterocycles. The second-order valence-electron chi connectivity index (χ2n) is 6.80. The lowest BCUT2D eigenvalue weighted by molar-refractivity contribution is -0.116. The Morgan fingerprint density at radius 2 is 1.97 bits per heavy atom. The summed E-state index contributed by atoms with van der Waals surface area (Å²) in [6.45, 7) is 1.86. The zero-order chi connectivity index (χ0) is 20.8. The number of nitrogens with zero attached hydrogens (tertiary/aromatic N) is 2. The number of ether oxygens (including phenoxy) is 2. The molecule has 0 saturated carbocycles. The Balaban J connectivity index is 1.34. The van der Waals surface area contributed by atoms with E-state index >= 15 is 0 Å². The Hall–Kier alpha value is -3.81. The smallest absolute Gasteiger partial charge is 0.251 e. The molecule has 8 heteroatoms. The molecule has 2 aromatic carbocycles. The quantitative estimate of drug-likeness (QED) is 0.629. The van der Waals surface area contributed by atoms with E-state index in [2.05, 4.69) is 15.6 Å². The molecule has 8 nitrogen and oxygen atoms in total. The van der Waals surface area contributed by atoms with Crippen molar-refractivity contribution in [2.24, 2.45) is 0 Å². The molecule has 2 amide bonds. The largest absolute Gasteiger partial charge is 0.486 e. The molecule has 2 heterocycles. The topological polar surface area (TPSA) is 94.5 Å². The summed E-state index contributed by atoms with van der Waals surface area (Å²) in [5.74, 6) is 0.990. The average molecular weight is 406 g/mol. The van der Waals surface area contributed by atoms with E-state index in [-0.39, 0.29) is 11.8 Å². The molecule has 0 unspecified atom stereocenters. The fraction of sp³-hybridized carbons (Fsp3) is 0.227. The van der Waals surface area contributed by atoms with Gasteiger partial charge in [-0.25, -0.2) is 4.98 Å². The van der Waals surface area contributed by atoms with Crippen molar-refractivity contribution in [3.05, 3.63) is 72.3 Å². The minimum Gasteiger partial charge on any atom is -0.486 e. The number of benzene rings is 2. The van der Waals surface area contributed by atoms with Gasteiger partial charge in [-0.15, -0.1) is 0 Å². The predicted molar refractivity (Wildman–Crippen MR) is 111 cm³/mol. The van der Waals surface area contributed by atoms with Gasteiger partial charge in [0.1, 0.15) is 13.2 Å². The number of carbonyl (C=O) groups excluding carboxylic acids is 2. The molecule has 2 N–H and O–H groups in total. The van der Waals surface area contributed by atoms with E-state index < -0.39 is 0 Å². The van der Waals surface area contributed by atoms with Crippen LogP contribution in [0.5, 0.6) is 11.5 Å². The minimum atomic E-state index is -0.237. The summed E-state index contributed by atoms with van der Waals surface area (Å²) in [6, 6.07) is 12.5. The van der Waals surface area contributed by atoms with Crippen molar-refractivity contribution in [3.63, 3.8) is 0 Å². The van der Waals surface area contributed by atoms with Crippen LogP contribution in [0.25, 0.3) is 0 Å². The Kier molecular flexibility index (Phi) is 5.93. The number of carbonyl (C=O) groups is 2. The van der Waals surface area contributed by atoms with Crippen molar-refractivity contribution >= 4 is 17.5 Å². The lowest BCUT2D eigenvalue weighted by Crippen LogP contribution is -2.24. The number of rotatable bonds is 7. The Morgan fingerprint density at radius 3 is 2.83 bits per heavy atom. The van der Waals surface area contributed by atoms with Gasteiger partial charge >= 0.3 is 0 Å². The van der Waals surface area contributed by atoms with E-state index in [1.54, 1.807) is 43.0 Å². The first-order chi connectivity index (χ1) is 14.7. The van der Waals surface area contributed by atoms with Crippen molar-refractivity contribution in [1.82, 2.24) is 14.9 Å². The predicted octanol–water partition coefficient (Wildman–Crippen LogP) is 2.61. The summed E-state index contributed by atoms with van der Waals surface area (Å²) in [7, 11) is 0. The van der Waals surface area contributed by atoms with Crippen molar-refractivity contribution in [2.75, 3.05) is 18.5 Å². The van der Waals surface area contributed by atoms with Crippen LogP contribution in [0, 0.1) is 0 Å². The Bertz CT molecular complexity index is 1030. The number of para-hydroxylation sites is 1. The van der Waals surface area contributed by atoms with Crippen molar-refractivity contribution in [1.29, 1.82) is 0 Å². The molecule has 0 spiro atoms. The lowest BCUT2D eigenvalue weighted by atomic mass is 10.1. The molecule has 4 rings (SSSR count). The molecule has 0 atom stereocenters. The van der Waals surface area contributed by atoms with Crippen molar-refractivity contribution < 1.29 is 19.1 Å². The maximum atomic E-state index is 12.6. The Labute approximate surface area is 173 Å². The van der Waals surface area contributed by atoms with Crippen LogP contribution in [0.2, 0.25) is 0 Å². The highest BCUT2D eigenvalue weighted by atomic mass is 16.6. The zero-order valence-electron chi connectivity index (χ0n) is 16.3. The van der Waals surface area contributed by atoms with Crippen molar-refractivity contribution in [3.8, 4) is 11.5 Å². The first kappa shape index (κ1) is 19.5. The van der Waals surface area contributed by atoms with E-state index in [0.717, 1.165) is 5.56 Å². The molecule has 1 aliphatic heterocycles. The molecule has 0 fully saturated rings. The van der Waals surface area contributed by atoms with Gasteiger partial charge in [0.25, 0.3) is 5.91 Å². The van der Waals surface area contributed by atoms with E-state index in [0.29, 0.717) is 55.5 Å². The molecular weight excluding hydrogens is 384 g/mol. The van der Waals surface area contributed by atoms with Gasteiger partial charge in [-0.3, -0.25) is 9.59 Å². The first-order valence-corrected chi connectivity index (χ1v) is 9.70. The Morgan fingerprint density at radius 1 is 1.10 bits per heavy atom. The fourth-order valence-corrected chi connectivity index (χ4v) is 3.16. The van der Waals surface area contributed by atoms with Gasteiger partial charge in [0.15, 0.2) is 11.5 Å². The number of hydrogen-bond acceptors (Lipinski definition) is 5. The number of nitrogens with one attached hydrogen (secondary N) is 2. The zero-order valence-corrected chi connectivity index (χ0v) is 16.3. The molecule has 3 aromatic rings. The van der Waals surface area contributed by atoms with Crippen LogP contribution < -0.4 is 20.1 Å². The van der Waals surface area contributed by atoms with Gasteiger partial charge in [-0.1, -0.05) is 18.2 Å². The number of hydrogen-bond donors (Lipinski definition) is 2. The van der Waals surface area contributed by atoms with Crippen molar-refractivity contribution in [2.45, 2.75) is 19.5 Å². The number of fused-ring (bicyclic) bond motifs is 1. The van der Waals surface area contributed by atoms with E-state index in [1.165, 1.54) is 0 Å². The minimum absolute atomic E-state index is 0.130. The molecule has 0 radical (unpaired) electrons. The molecule has 1 aliphatic rings. The van der Waals surface area contributed by atoms with E-state index in [9.17, 15) is 9.59 Å². The molecule has 154 valence electrons. The molecule has 0 saturated heterocycles. The van der Waals surface area contributed by atoms with Crippen LogP contribution in [-0.4, -0.2) is 34.6 Å². The SMILES string of the molecule is O=C(CCn1ccnc1)Nc1cccc(C(=O)NCc2cccc3c2OCCO3)c1. The van der Waals surface area contributed by atoms with E-state index in [4.69, 9.17) is 9.47 Å². The lowest BCUT2D eigenvalue weighted by Gasteiger charge is -2.21.